The maximum atomic E-state index is 6.40. The van der Waals surface area contributed by atoms with Crippen molar-refractivity contribution in [2.24, 2.45) is 0 Å². The first-order chi connectivity index (χ1) is 5.84. The molecule has 0 aromatic heterocycles. The zero-order valence-electron chi connectivity index (χ0n) is 8.06. The molecule has 1 atom stereocenters. The first kappa shape index (κ1) is 10.8. The number of hydrogen-bond donors (Lipinski definition) is 0. The molecule has 0 N–H and O–H groups in total. The first-order valence-corrected chi connectivity index (χ1v) is 7.77. The van der Waals surface area contributed by atoms with Crippen molar-refractivity contribution >= 4 is 18.5 Å². The minimum atomic E-state index is -0.132. The molecule has 1 aliphatic carbocycles. The van der Waals surface area contributed by atoms with E-state index in [-0.39, 0.29) is 7.27 Å². The second-order valence-corrected chi connectivity index (χ2v) is 7.05. The molecule has 0 saturated heterocycles. The fourth-order valence-corrected chi connectivity index (χ4v) is 4.71. The monoisotopic (exact) mass is 206 g/mol. The third kappa shape index (κ3) is 3.62. The van der Waals surface area contributed by atoms with E-state index in [1.54, 1.807) is 0 Å². The second kappa shape index (κ2) is 6.22. The highest BCUT2D eigenvalue weighted by atomic mass is 35.7. The van der Waals surface area contributed by atoms with Crippen molar-refractivity contribution in [2.75, 3.05) is 6.16 Å². The lowest BCUT2D eigenvalue weighted by atomic mass is 10.0. The third-order valence-corrected chi connectivity index (χ3v) is 6.08. The van der Waals surface area contributed by atoms with Gasteiger partial charge in [0.05, 0.1) is 0 Å². The Balaban J connectivity index is 2.15. The second-order valence-electron chi connectivity index (χ2n) is 3.77. The lowest BCUT2D eigenvalue weighted by Crippen LogP contribution is -2.09. The van der Waals surface area contributed by atoms with Gasteiger partial charge >= 0.3 is 0 Å². The molecule has 0 radical (unpaired) electrons. The molecule has 12 heavy (non-hydrogen) atoms. The zero-order valence-corrected chi connectivity index (χ0v) is 9.71. The molecule has 0 bridgehead atoms. The van der Waals surface area contributed by atoms with Crippen LogP contribution in [0.5, 0.6) is 0 Å². The molecule has 2 heteroatoms. The molecule has 1 unspecified atom stereocenters. The van der Waals surface area contributed by atoms with E-state index in [1.165, 1.54) is 51.1 Å². The Morgan fingerprint density at radius 1 is 1.25 bits per heavy atom. The van der Waals surface area contributed by atoms with Gasteiger partial charge in [0.2, 0.25) is 0 Å². The van der Waals surface area contributed by atoms with E-state index in [2.05, 4.69) is 6.92 Å². The van der Waals surface area contributed by atoms with E-state index < -0.39 is 0 Å². The van der Waals surface area contributed by atoms with Crippen LogP contribution >= 0.6 is 18.5 Å². The van der Waals surface area contributed by atoms with E-state index in [9.17, 15) is 0 Å². The Labute approximate surface area is 82.6 Å². The van der Waals surface area contributed by atoms with Crippen LogP contribution in [0.25, 0.3) is 0 Å². The molecule has 72 valence electrons. The molecular formula is C10H20ClP. The van der Waals surface area contributed by atoms with Gasteiger partial charge in [-0.2, -0.15) is 0 Å². The molecule has 0 heterocycles. The summed E-state index contributed by atoms with van der Waals surface area (Å²) in [5, 5.41) is 0. The Morgan fingerprint density at radius 2 is 1.92 bits per heavy atom. The van der Waals surface area contributed by atoms with Gasteiger partial charge in [0.1, 0.15) is 0 Å². The summed E-state index contributed by atoms with van der Waals surface area (Å²) in [6.45, 7) is 2.25. The summed E-state index contributed by atoms with van der Waals surface area (Å²) >= 11 is 6.40. The quantitative estimate of drug-likeness (QED) is 0.582. The predicted molar refractivity (Wildman–Crippen MR) is 59.4 cm³/mol. The maximum absolute atomic E-state index is 6.40. The Bertz CT molecular complexity index is 110. The molecule has 0 aromatic rings. The zero-order chi connectivity index (χ0) is 8.81. The van der Waals surface area contributed by atoms with Gasteiger partial charge in [0.15, 0.2) is 0 Å². The van der Waals surface area contributed by atoms with Gasteiger partial charge in [-0.05, 0) is 38.4 Å². The van der Waals surface area contributed by atoms with Crippen molar-refractivity contribution < 1.29 is 0 Å². The van der Waals surface area contributed by atoms with Crippen LogP contribution in [-0.2, 0) is 0 Å². The fraction of sp³-hybridized carbons (Fsp3) is 1.00. The molecule has 1 saturated carbocycles. The first-order valence-electron chi connectivity index (χ1n) is 5.27. The average molecular weight is 207 g/mol. The molecule has 0 nitrogen and oxygen atoms in total. The van der Waals surface area contributed by atoms with Gasteiger partial charge in [-0.1, -0.05) is 43.8 Å². The molecule has 1 aliphatic rings. The highest BCUT2D eigenvalue weighted by Crippen LogP contribution is 2.52. The van der Waals surface area contributed by atoms with E-state index in [0.717, 1.165) is 5.66 Å². The van der Waals surface area contributed by atoms with Crippen LogP contribution in [0.15, 0.2) is 0 Å². The van der Waals surface area contributed by atoms with Crippen molar-refractivity contribution in [1.29, 1.82) is 0 Å². The van der Waals surface area contributed by atoms with Gasteiger partial charge < -0.3 is 0 Å². The highest BCUT2D eigenvalue weighted by Gasteiger charge is 2.20. The highest BCUT2D eigenvalue weighted by molar-refractivity contribution is 7.84. The molecular weight excluding hydrogens is 187 g/mol. The average Bonchev–Trinajstić information content (AvgIpc) is 2.15. The number of unbranched alkanes of at least 4 members (excludes halogenated alkanes) is 1. The topological polar surface area (TPSA) is 0 Å². The molecule has 1 fully saturated rings. The van der Waals surface area contributed by atoms with Crippen LogP contribution in [-0.4, -0.2) is 11.8 Å². The van der Waals surface area contributed by atoms with Crippen LogP contribution < -0.4 is 0 Å². The van der Waals surface area contributed by atoms with Crippen molar-refractivity contribution in [2.45, 2.75) is 57.5 Å². The molecule has 1 rings (SSSR count). The Morgan fingerprint density at radius 3 is 2.50 bits per heavy atom. The van der Waals surface area contributed by atoms with Crippen LogP contribution in [0.3, 0.4) is 0 Å². The smallest absolute Gasteiger partial charge is 0.00656 e. The number of rotatable bonds is 4. The molecule has 0 aromatic carbocycles. The van der Waals surface area contributed by atoms with Gasteiger partial charge in [-0.25, -0.2) is 0 Å². The van der Waals surface area contributed by atoms with Crippen molar-refractivity contribution in [3.05, 3.63) is 0 Å². The van der Waals surface area contributed by atoms with Crippen molar-refractivity contribution in [3.63, 3.8) is 0 Å². The largest absolute Gasteiger partial charge is 0.0961 e. The van der Waals surface area contributed by atoms with Crippen LogP contribution in [0.4, 0.5) is 0 Å². The summed E-state index contributed by atoms with van der Waals surface area (Å²) in [7, 11) is -0.132. The summed E-state index contributed by atoms with van der Waals surface area (Å²) in [5.41, 5.74) is 0.905. The third-order valence-electron chi connectivity index (χ3n) is 2.70. The Hall–Kier alpha value is 0.720. The normalized spacial score (nSPS) is 22.5. The SMILES string of the molecule is CCCCP(Cl)C1CCCCC1. The summed E-state index contributed by atoms with van der Waals surface area (Å²) in [5.74, 6) is 0. The fourth-order valence-electron chi connectivity index (χ4n) is 1.85. The van der Waals surface area contributed by atoms with E-state index in [4.69, 9.17) is 11.2 Å². The van der Waals surface area contributed by atoms with E-state index >= 15 is 0 Å². The number of halogens is 1. The molecule has 0 spiro atoms. The van der Waals surface area contributed by atoms with Crippen molar-refractivity contribution in [1.82, 2.24) is 0 Å². The van der Waals surface area contributed by atoms with Crippen LogP contribution in [0, 0.1) is 0 Å². The van der Waals surface area contributed by atoms with Crippen LogP contribution in [0.1, 0.15) is 51.9 Å². The van der Waals surface area contributed by atoms with Gasteiger partial charge in [-0.15, -0.1) is 0 Å². The summed E-state index contributed by atoms with van der Waals surface area (Å²) < 4.78 is 0. The van der Waals surface area contributed by atoms with Gasteiger partial charge in [0, 0.05) is 0 Å². The van der Waals surface area contributed by atoms with Crippen molar-refractivity contribution in [3.8, 4) is 0 Å². The lowest BCUT2D eigenvalue weighted by molar-refractivity contribution is 0.512. The van der Waals surface area contributed by atoms with Gasteiger partial charge in [-0.3, -0.25) is 0 Å². The van der Waals surface area contributed by atoms with E-state index in [1.807, 2.05) is 0 Å². The van der Waals surface area contributed by atoms with E-state index in [0.29, 0.717) is 0 Å². The number of hydrogen-bond acceptors (Lipinski definition) is 0. The minimum Gasteiger partial charge on any atom is -0.0961 e. The van der Waals surface area contributed by atoms with Crippen LogP contribution in [0.2, 0.25) is 0 Å². The molecule has 0 aliphatic heterocycles. The lowest BCUT2D eigenvalue weighted by Gasteiger charge is -2.25. The predicted octanol–water partition coefficient (Wildman–Crippen LogP) is 4.75. The van der Waals surface area contributed by atoms with Gasteiger partial charge in [0.25, 0.3) is 0 Å². The standard InChI is InChI=1S/C10H20ClP/c1-2-3-9-12(11)10-7-5-4-6-8-10/h10H,2-9H2,1H3. The Kier molecular flexibility index (Phi) is 5.59. The minimum absolute atomic E-state index is 0.132. The molecule has 0 amide bonds. The summed E-state index contributed by atoms with van der Waals surface area (Å²) in [6, 6.07) is 0. The summed E-state index contributed by atoms with van der Waals surface area (Å²) in [4.78, 5) is 0. The summed E-state index contributed by atoms with van der Waals surface area (Å²) in [6.07, 6.45) is 11.1. The maximum Gasteiger partial charge on any atom is -0.00656 e.